The number of furan rings is 1. The highest BCUT2D eigenvalue weighted by molar-refractivity contribution is 7.17. The molecule has 1 aromatic carbocycles. The Balaban J connectivity index is 1.61. The molecule has 0 saturated carbocycles. The van der Waals surface area contributed by atoms with Gasteiger partial charge in [-0.25, -0.2) is 4.98 Å². The molecule has 0 unspecified atom stereocenters. The summed E-state index contributed by atoms with van der Waals surface area (Å²) in [6, 6.07) is 11.0. The van der Waals surface area contributed by atoms with Crippen LogP contribution in [-0.2, 0) is 6.54 Å². The van der Waals surface area contributed by atoms with Crippen LogP contribution >= 0.6 is 11.3 Å². The van der Waals surface area contributed by atoms with E-state index in [1.54, 1.807) is 19.2 Å². The molecular formula is C17H13N3O3S. The molecule has 4 rings (SSSR count). The van der Waals surface area contributed by atoms with E-state index < -0.39 is 0 Å². The van der Waals surface area contributed by atoms with Crippen molar-refractivity contribution in [1.29, 1.82) is 0 Å². The minimum Gasteiger partial charge on any atom is -0.451 e. The predicted molar refractivity (Wildman–Crippen MR) is 92.3 cm³/mol. The molecular weight excluding hydrogens is 326 g/mol. The Hall–Kier alpha value is -2.93. The Morgan fingerprint density at radius 3 is 3.00 bits per heavy atom. The fraction of sp³-hybridized carbons (Fsp3) is 0.118. The van der Waals surface area contributed by atoms with Crippen molar-refractivity contribution in [1.82, 2.24) is 14.9 Å². The largest absolute Gasteiger partial charge is 0.451 e. The van der Waals surface area contributed by atoms with E-state index in [9.17, 15) is 9.59 Å². The molecule has 0 radical (unpaired) electrons. The molecule has 0 bridgehead atoms. The molecule has 1 amide bonds. The van der Waals surface area contributed by atoms with Gasteiger partial charge in [-0.3, -0.25) is 9.59 Å². The Bertz CT molecular complexity index is 1080. The molecule has 24 heavy (non-hydrogen) atoms. The number of carbonyl (C=O) groups excluding carboxylic acids is 1. The first-order chi connectivity index (χ1) is 11.6. The summed E-state index contributed by atoms with van der Waals surface area (Å²) in [5.41, 5.74) is 1.12. The molecule has 0 fully saturated rings. The second-order valence-corrected chi connectivity index (χ2v) is 6.37. The van der Waals surface area contributed by atoms with Crippen molar-refractivity contribution in [2.75, 3.05) is 7.05 Å². The topological polar surface area (TPSA) is 79.2 Å². The number of amides is 1. The van der Waals surface area contributed by atoms with Crippen LogP contribution in [0.15, 0.2) is 51.0 Å². The average molecular weight is 339 g/mol. The van der Waals surface area contributed by atoms with Gasteiger partial charge in [-0.15, -0.1) is 11.3 Å². The van der Waals surface area contributed by atoms with Gasteiger partial charge < -0.3 is 14.3 Å². The lowest BCUT2D eigenvalue weighted by Crippen LogP contribution is -2.27. The molecule has 0 aliphatic carbocycles. The Morgan fingerprint density at radius 2 is 2.17 bits per heavy atom. The van der Waals surface area contributed by atoms with Gasteiger partial charge in [0.05, 0.1) is 12.1 Å². The summed E-state index contributed by atoms with van der Waals surface area (Å²) in [6.07, 6.45) is 0. The van der Waals surface area contributed by atoms with Gasteiger partial charge in [-0.05, 0) is 23.6 Å². The average Bonchev–Trinajstić information content (AvgIpc) is 3.20. The van der Waals surface area contributed by atoms with Gasteiger partial charge in [0.2, 0.25) is 0 Å². The smallest absolute Gasteiger partial charge is 0.289 e. The first kappa shape index (κ1) is 14.6. The van der Waals surface area contributed by atoms with E-state index in [1.807, 2.05) is 29.6 Å². The van der Waals surface area contributed by atoms with Crippen LogP contribution < -0.4 is 5.56 Å². The number of nitrogens with one attached hydrogen (secondary N) is 1. The molecule has 4 aromatic rings. The summed E-state index contributed by atoms with van der Waals surface area (Å²) in [4.78, 5) is 33.1. The minimum atomic E-state index is -0.265. The maximum atomic E-state index is 12.5. The van der Waals surface area contributed by atoms with Gasteiger partial charge >= 0.3 is 0 Å². The quantitative estimate of drug-likeness (QED) is 0.622. The second-order valence-electron chi connectivity index (χ2n) is 5.46. The number of aromatic nitrogens is 2. The molecule has 6 nitrogen and oxygen atoms in total. The van der Waals surface area contributed by atoms with Crippen LogP contribution in [0.2, 0.25) is 0 Å². The molecule has 120 valence electrons. The van der Waals surface area contributed by atoms with Crippen LogP contribution in [0, 0.1) is 0 Å². The van der Waals surface area contributed by atoms with E-state index in [2.05, 4.69) is 9.97 Å². The summed E-state index contributed by atoms with van der Waals surface area (Å²) in [5.74, 6) is 0.440. The third-order valence-corrected chi connectivity index (χ3v) is 4.64. The van der Waals surface area contributed by atoms with Crippen molar-refractivity contribution in [2.45, 2.75) is 6.54 Å². The maximum absolute atomic E-state index is 12.5. The van der Waals surface area contributed by atoms with Gasteiger partial charge in [0.25, 0.3) is 11.5 Å². The van der Waals surface area contributed by atoms with Crippen LogP contribution in [0.1, 0.15) is 16.4 Å². The number of hydrogen-bond acceptors (Lipinski definition) is 5. The summed E-state index contributed by atoms with van der Waals surface area (Å²) in [7, 11) is 1.65. The zero-order valence-electron chi connectivity index (χ0n) is 12.8. The molecule has 3 heterocycles. The summed E-state index contributed by atoms with van der Waals surface area (Å²) < 4.78 is 6.18. The number of benzene rings is 1. The van der Waals surface area contributed by atoms with Crippen LogP contribution in [0.5, 0.6) is 0 Å². The molecule has 3 aromatic heterocycles. The van der Waals surface area contributed by atoms with Gasteiger partial charge in [0.15, 0.2) is 5.76 Å². The predicted octanol–water partition coefficient (Wildman–Crippen LogP) is 3.00. The van der Waals surface area contributed by atoms with Crippen LogP contribution in [0.4, 0.5) is 0 Å². The summed E-state index contributed by atoms with van der Waals surface area (Å²) >= 11 is 1.35. The number of fused-ring (bicyclic) bond motifs is 2. The van der Waals surface area contributed by atoms with Crippen LogP contribution in [0.3, 0.4) is 0 Å². The van der Waals surface area contributed by atoms with Crippen molar-refractivity contribution in [3.8, 4) is 0 Å². The van der Waals surface area contributed by atoms with E-state index in [-0.39, 0.29) is 23.8 Å². The fourth-order valence-corrected chi connectivity index (χ4v) is 3.29. The minimum absolute atomic E-state index is 0.186. The highest BCUT2D eigenvalue weighted by Crippen LogP contribution is 2.20. The second kappa shape index (κ2) is 5.61. The Labute approximate surface area is 140 Å². The lowest BCUT2D eigenvalue weighted by Gasteiger charge is -2.14. The van der Waals surface area contributed by atoms with Crippen LogP contribution in [-0.4, -0.2) is 27.8 Å². The number of H-pyrrole nitrogens is 1. The molecule has 0 saturated heterocycles. The van der Waals surface area contributed by atoms with Gasteiger partial charge in [-0.2, -0.15) is 0 Å². The number of rotatable bonds is 3. The number of para-hydroxylation sites is 1. The first-order valence-corrected chi connectivity index (χ1v) is 8.20. The van der Waals surface area contributed by atoms with E-state index >= 15 is 0 Å². The van der Waals surface area contributed by atoms with E-state index in [1.165, 1.54) is 16.2 Å². The third kappa shape index (κ3) is 2.48. The molecule has 0 aliphatic rings. The lowest BCUT2D eigenvalue weighted by atomic mass is 10.2. The SMILES string of the molecule is CN(Cc1nc2ccsc2c(=O)[nH]1)C(=O)c1cc2ccccc2o1. The van der Waals surface area contributed by atoms with Gasteiger partial charge in [0.1, 0.15) is 16.1 Å². The molecule has 0 spiro atoms. The van der Waals surface area contributed by atoms with Crippen molar-refractivity contribution < 1.29 is 9.21 Å². The summed E-state index contributed by atoms with van der Waals surface area (Å²) in [5, 5.41) is 2.69. The van der Waals surface area contributed by atoms with Crippen molar-refractivity contribution in [3.63, 3.8) is 0 Å². The Kier molecular flexibility index (Phi) is 3.42. The summed E-state index contributed by atoms with van der Waals surface area (Å²) in [6.45, 7) is 0.191. The molecule has 7 heteroatoms. The molecule has 0 aliphatic heterocycles. The zero-order chi connectivity index (χ0) is 16.7. The normalized spacial score (nSPS) is 11.2. The fourth-order valence-electron chi connectivity index (χ4n) is 2.57. The van der Waals surface area contributed by atoms with E-state index in [4.69, 9.17) is 4.42 Å². The van der Waals surface area contributed by atoms with Gasteiger partial charge in [0, 0.05) is 12.4 Å². The molecule has 0 atom stereocenters. The van der Waals surface area contributed by atoms with Gasteiger partial charge in [-0.1, -0.05) is 18.2 Å². The number of carbonyl (C=O) groups is 1. The number of aromatic amines is 1. The van der Waals surface area contributed by atoms with Crippen LogP contribution in [0.25, 0.3) is 21.2 Å². The first-order valence-electron chi connectivity index (χ1n) is 7.32. The van der Waals surface area contributed by atoms with Crippen molar-refractivity contribution in [3.05, 3.63) is 63.7 Å². The third-order valence-electron chi connectivity index (χ3n) is 3.73. The van der Waals surface area contributed by atoms with Crippen molar-refractivity contribution in [2.24, 2.45) is 0 Å². The van der Waals surface area contributed by atoms with Crippen molar-refractivity contribution >= 4 is 38.4 Å². The van der Waals surface area contributed by atoms with E-state index in [0.29, 0.717) is 21.6 Å². The standard InChI is InChI=1S/C17H13N3O3S/c1-20(9-14-18-11-6-7-24-15(11)16(21)19-14)17(22)13-8-10-4-2-3-5-12(10)23-13/h2-8H,9H2,1H3,(H,18,19,21). The number of thiophene rings is 1. The molecule has 1 N–H and O–H groups in total. The van der Waals surface area contributed by atoms with E-state index in [0.717, 1.165) is 5.39 Å². The highest BCUT2D eigenvalue weighted by atomic mass is 32.1. The lowest BCUT2D eigenvalue weighted by molar-refractivity contribution is 0.0752. The maximum Gasteiger partial charge on any atom is 0.289 e. The number of nitrogens with zero attached hydrogens (tertiary/aromatic N) is 2. The highest BCUT2D eigenvalue weighted by Gasteiger charge is 2.18. The zero-order valence-corrected chi connectivity index (χ0v) is 13.6. The Morgan fingerprint density at radius 1 is 1.33 bits per heavy atom. The number of hydrogen-bond donors (Lipinski definition) is 1. The monoisotopic (exact) mass is 339 g/mol.